The fourth-order valence-corrected chi connectivity index (χ4v) is 1.44. The Morgan fingerprint density at radius 3 is 2.47 bits per heavy atom. The zero-order valence-corrected chi connectivity index (χ0v) is 11.8. The van der Waals surface area contributed by atoms with E-state index >= 15 is 0 Å². The van der Waals surface area contributed by atoms with Crippen LogP contribution >= 0.6 is 0 Å². The van der Waals surface area contributed by atoms with E-state index in [2.05, 4.69) is 6.07 Å². The summed E-state index contributed by atoms with van der Waals surface area (Å²) in [6.07, 6.45) is 0.287. The Hall–Kier alpha value is -1.35. The first kappa shape index (κ1) is 15.7. The fraction of sp³-hybridized carbons (Fsp3) is 0.500. The molecule has 0 aromatic heterocycles. The molecule has 0 fully saturated rings. The quantitative estimate of drug-likeness (QED) is 0.776. The van der Waals surface area contributed by atoms with E-state index in [0.717, 1.165) is 5.56 Å². The maximum atomic E-state index is 10.1. The molecule has 19 heavy (non-hydrogen) atoms. The molecule has 0 saturated carbocycles. The van der Waals surface area contributed by atoms with Crippen molar-refractivity contribution in [1.29, 1.82) is 5.26 Å². The molecule has 0 amide bonds. The number of aliphatic hydroxyl groups is 1. The van der Waals surface area contributed by atoms with Crippen molar-refractivity contribution in [3.8, 4) is 6.07 Å². The number of hydrogen-bond acceptors (Lipinski definition) is 4. The largest absolute Gasteiger partial charge is 0.491 e. The summed E-state index contributed by atoms with van der Waals surface area (Å²) >= 11 is 0. The summed E-state index contributed by atoms with van der Waals surface area (Å²) in [6, 6.07) is 9.11. The summed E-state index contributed by atoms with van der Waals surface area (Å²) in [6.45, 7) is 6.70. The topological polar surface area (TPSA) is 73.5 Å². The van der Waals surface area contributed by atoms with E-state index in [1.807, 2.05) is 6.07 Å². The van der Waals surface area contributed by atoms with Crippen LogP contribution in [0.2, 0.25) is 0 Å². The summed E-state index contributed by atoms with van der Waals surface area (Å²) in [5, 5.41) is 28.8. The zero-order valence-electron chi connectivity index (χ0n) is 11.8. The summed E-state index contributed by atoms with van der Waals surface area (Å²) in [5.74, 6) is 0. The van der Waals surface area contributed by atoms with Gasteiger partial charge in [-0.1, -0.05) is 24.3 Å². The van der Waals surface area contributed by atoms with Gasteiger partial charge >= 0.3 is 7.12 Å². The average Bonchev–Trinajstić information content (AvgIpc) is 2.27. The standard InChI is InChI=1S/C14H20BNO3/c1-13(2,17)14(3,4)19-15(18)12-7-5-6-11(10-12)8-9-16/h5-7,10,17-18H,8H2,1-4H3. The lowest BCUT2D eigenvalue weighted by Gasteiger charge is -2.38. The lowest BCUT2D eigenvalue weighted by molar-refractivity contribution is -0.0982. The van der Waals surface area contributed by atoms with Crippen LogP contribution in [0.5, 0.6) is 0 Å². The lowest BCUT2D eigenvalue weighted by Crippen LogP contribution is -2.53. The van der Waals surface area contributed by atoms with Gasteiger partial charge in [-0.25, -0.2) is 0 Å². The predicted molar refractivity (Wildman–Crippen MR) is 74.8 cm³/mol. The molecule has 0 atom stereocenters. The third-order valence-electron chi connectivity index (χ3n) is 3.40. The van der Waals surface area contributed by atoms with Gasteiger partial charge in [0.25, 0.3) is 0 Å². The van der Waals surface area contributed by atoms with Gasteiger partial charge in [0.05, 0.1) is 23.7 Å². The summed E-state index contributed by atoms with van der Waals surface area (Å²) in [4.78, 5) is 0. The van der Waals surface area contributed by atoms with Crippen molar-refractivity contribution in [2.24, 2.45) is 0 Å². The first-order chi connectivity index (χ1) is 8.67. The molecule has 0 radical (unpaired) electrons. The molecule has 0 aliphatic carbocycles. The normalized spacial score (nSPS) is 12.1. The van der Waals surface area contributed by atoms with E-state index in [1.165, 1.54) is 0 Å². The molecule has 102 valence electrons. The highest BCUT2D eigenvalue weighted by molar-refractivity contribution is 6.60. The second-order valence-corrected chi connectivity index (χ2v) is 5.62. The van der Waals surface area contributed by atoms with E-state index in [-0.39, 0.29) is 6.42 Å². The second-order valence-electron chi connectivity index (χ2n) is 5.62. The van der Waals surface area contributed by atoms with Crippen LogP contribution in [0.1, 0.15) is 33.3 Å². The third kappa shape index (κ3) is 4.07. The minimum Gasteiger partial charge on any atom is -0.423 e. The van der Waals surface area contributed by atoms with Crippen LogP contribution in [0.3, 0.4) is 0 Å². The van der Waals surface area contributed by atoms with Crippen molar-refractivity contribution in [2.75, 3.05) is 0 Å². The number of benzene rings is 1. The summed E-state index contributed by atoms with van der Waals surface area (Å²) in [5.41, 5.74) is -0.593. The monoisotopic (exact) mass is 261 g/mol. The number of nitrogens with zero attached hydrogens (tertiary/aromatic N) is 1. The van der Waals surface area contributed by atoms with E-state index in [9.17, 15) is 10.1 Å². The first-order valence-electron chi connectivity index (χ1n) is 6.21. The minimum atomic E-state index is -1.14. The molecule has 2 N–H and O–H groups in total. The van der Waals surface area contributed by atoms with Crippen LogP contribution in [0.4, 0.5) is 0 Å². The highest BCUT2D eigenvalue weighted by atomic mass is 16.5. The molecule has 1 rings (SSSR count). The molecule has 0 aliphatic heterocycles. The van der Waals surface area contributed by atoms with Crippen LogP contribution in [-0.2, 0) is 11.1 Å². The predicted octanol–water partition coefficient (Wildman–Crippen LogP) is 1.01. The Bertz CT molecular complexity index is 474. The molecule has 0 saturated heterocycles. The zero-order chi connectivity index (χ0) is 14.7. The van der Waals surface area contributed by atoms with Gasteiger partial charge in [-0.15, -0.1) is 0 Å². The molecular formula is C14H20BNO3. The number of nitriles is 1. The van der Waals surface area contributed by atoms with E-state index in [4.69, 9.17) is 9.92 Å². The van der Waals surface area contributed by atoms with E-state index < -0.39 is 18.3 Å². The molecule has 1 aromatic rings. The summed E-state index contributed by atoms with van der Waals surface area (Å²) in [7, 11) is -1.14. The van der Waals surface area contributed by atoms with Crippen molar-refractivity contribution < 1.29 is 14.8 Å². The molecule has 0 heterocycles. The van der Waals surface area contributed by atoms with E-state index in [0.29, 0.717) is 5.46 Å². The van der Waals surface area contributed by atoms with Gasteiger partial charge in [0.1, 0.15) is 0 Å². The smallest absolute Gasteiger partial charge is 0.423 e. The van der Waals surface area contributed by atoms with Gasteiger partial charge in [-0.05, 0) is 38.7 Å². The van der Waals surface area contributed by atoms with Gasteiger partial charge in [0.2, 0.25) is 0 Å². The van der Waals surface area contributed by atoms with Gasteiger partial charge in [-0.3, -0.25) is 0 Å². The van der Waals surface area contributed by atoms with Crippen LogP contribution < -0.4 is 5.46 Å². The Morgan fingerprint density at radius 2 is 1.95 bits per heavy atom. The Balaban J connectivity index is 2.87. The Morgan fingerprint density at radius 1 is 1.32 bits per heavy atom. The maximum Gasteiger partial charge on any atom is 0.491 e. The first-order valence-corrected chi connectivity index (χ1v) is 6.21. The van der Waals surface area contributed by atoms with Crippen molar-refractivity contribution in [3.63, 3.8) is 0 Å². The van der Waals surface area contributed by atoms with Gasteiger partial charge in [0.15, 0.2) is 0 Å². The molecule has 0 bridgehead atoms. The number of hydrogen-bond donors (Lipinski definition) is 2. The Kier molecular flexibility index (Phi) is 4.75. The van der Waals surface area contributed by atoms with Crippen LogP contribution in [0.25, 0.3) is 0 Å². The highest BCUT2D eigenvalue weighted by Gasteiger charge is 2.39. The van der Waals surface area contributed by atoms with Crippen molar-refractivity contribution in [2.45, 2.75) is 45.3 Å². The van der Waals surface area contributed by atoms with Crippen LogP contribution in [0.15, 0.2) is 24.3 Å². The SMILES string of the molecule is CC(C)(O)C(C)(C)OB(O)c1cccc(CC#N)c1. The van der Waals surface area contributed by atoms with Crippen LogP contribution in [-0.4, -0.2) is 28.5 Å². The lowest BCUT2D eigenvalue weighted by atomic mass is 9.76. The molecule has 0 aliphatic rings. The third-order valence-corrected chi connectivity index (χ3v) is 3.40. The molecular weight excluding hydrogens is 241 g/mol. The van der Waals surface area contributed by atoms with Crippen LogP contribution in [0, 0.1) is 11.3 Å². The molecule has 5 heteroatoms. The highest BCUT2D eigenvalue weighted by Crippen LogP contribution is 2.25. The van der Waals surface area contributed by atoms with E-state index in [1.54, 1.807) is 45.9 Å². The van der Waals surface area contributed by atoms with Crippen molar-refractivity contribution >= 4 is 12.6 Å². The number of rotatable bonds is 5. The maximum absolute atomic E-state index is 10.1. The van der Waals surface area contributed by atoms with Gasteiger partial charge in [-0.2, -0.15) is 5.26 Å². The van der Waals surface area contributed by atoms with Crippen molar-refractivity contribution in [3.05, 3.63) is 29.8 Å². The fourth-order valence-electron chi connectivity index (χ4n) is 1.44. The van der Waals surface area contributed by atoms with Gasteiger partial charge < -0.3 is 14.8 Å². The molecule has 1 aromatic carbocycles. The average molecular weight is 261 g/mol. The Labute approximate surface area is 114 Å². The van der Waals surface area contributed by atoms with Crippen molar-refractivity contribution in [1.82, 2.24) is 0 Å². The van der Waals surface area contributed by atoms with Gasteiger partial charge in [0, 0.05) is 0 Å². The molecule has 4 nitrogen and oxygen atoms in total. The summed E-state index contributed by atoms with van der Waals surface area (Å²) < 4.78 is 5.54. The molecule has 0 spiro atoms. The second kappa shape index (κ2) is 5.75. The minimum absolute atomic E-state index is 0.287. The molecule has 0 unspecified atom stereocenters.